The average molecular weight is 1160 g/mol. The van der Waals surface area contributed by atoms with E-state index in [9.17, 15) is 60.7 Å². The SMILES string of the molecule is C[C@@H]1[C@H](O)[C@@H](C)/C=C/C=C/C=C/C=C/C=C/C=C/C=C/[C@H](O[C@@H]2O[C@H](C)[C@@H](O)[C@H](N(CCCN)CCCN)[C@@H]2O)C[C@@H]2O[C@](O)(C[C@@H](O)C[C@@H](O)[C@H](O)CC[C@@H](O)C[C@@H](O)CC(=O)O[C@H]1C)C[C@H](O)[C@H]2C(=O)NCCCN1CCOCC1. The predicted octanol–water partition coefficient (Wildman–Crippen LogP) is 0.507. The van der Waals surface area contributed by atoms with Gasteiger partial charge in [-0.05, 0) is 85.1 Å². The number of amides is 1. The molecule has 3 fully saturated rings. The molecule has 19 atom stereocenters. The first-order valence-corrected chi connectivity index (χ1v) is 29.6. The standard InChI is InChI=1S/C60H101N5O17/c1-40-20-15-13-11-9-7-5-6-8-10-12-14-16-21-47(81-59-57(75)54(56(74)43(4)80-59)65(28-17-24-61)29-18-25-62)37-51-53(58(76)63-26-19-27-64-30-32-78-33-31-64)50(71)39-60(77,82-51)38-46(68)35-49(70)48(69)23-22-44(66)34-45(67)36-52(72)79-42(3)41(2)55(40)73/h5-16,20-21,40-51,53-57,59,66-71,73-75,77H,17-19,22-39,61-62H2,1-4H3,(H,63,76)/b6-5+,9-7+,10-8+,13-11+,14-12+,20-15+,21-16+/t40-,41-,42-,43+,44+,45+,46-,47-,48+,49+,50-,51-,53+,54-,55+,56+,57-,59-,60+/m0/s1. The largest absolute Gasteiger partial charge is 0.462 e. The molecule has 0 spiro atoms. The Morgan fingerprint density at radius 1 is 0.695 bits per heavy atom. The number of cyclic esters (lactones) is 1. The lowest BCUT2D eigenvalue weighted by atomic mass is 9.82. The van der Waals surface area contributed by atoms with E-state index in [1.807, 2.05) is 66.5 Å². The van der Waals surface area contributed by atoms with Crippen LogP contribution >= 0.6 is 0 Å². The minimum atomic E-state index is -2.29. The van der Waals surface area contributed by atoms with Crippen LogP contribution in [0.1, 0.15) is 98.3 Å². The summed E-state index contributed by atoms with van der Waals surface area (Å²) >= 11 is 0. The number of morpholine rings is 1. The Kier molecular flexibility index (Phi) is 32.6. The Hall–Kier alpha value is -3.60. The summed E-state index contributed by atoms with van der Waals surface area (Å²) in [6, 6.07) is -0.850. The normalized spacial score (nSPS) is 39.9. The molecule has 22 nitrogen and oxygen atoms in total. The summed E-state index contributed by atoms with van der Waals surface area (Å²) in [5.41, 5.74) is 11.8. The number of aliphatic hydroxyl groups excluding tert-OH is 9. The number of ether oxygens (including phenoxy) is 5. The van der Waals surface area contributed by atoms with Crippen LogP contribution in [-0.2, 0) is 33.3 Å². The lowest BCUT2D eigenvalue weighted by Crippen LogP contribution is -2.64. The van der Waals surface area contributed by atoms with E-state index >= 15 is 0 Å². The fourth-order valence-corrected chi connectivity index (χ4v) is 10.8. The van der Waals surface area contributed by atoms with Gasteiger partial charge in [0, 0.05) is 57.2 Å². The van der Waals surface area contributed by atoms with E-state index in [2.05, 4.69) is 10.2 Å². The van der Waals surface area contributed by atoms with Crippen LogP contribution in [0.2, 0.25) is 0 Å². The van der Waals surface area contributed by atoms with Gasteiger partial charge in [-0.2, -0.15) is 0 Å². The summed E-state index contributed by atoms with van der Waals surface area (Å²) in [5, 5.41) is 116. The highest BCUT2D eigenvalue weighted by molar-refractivity contribution is 5.80. The van der Waals surface area contributed by atoms with Crippen molar-refractivity contribution in [3.63, 3.8) is 0 Å². The van der Waals surface area contributed by atoms with E-state index in [1.54, 1.807) is 51.2 Å². The van der Waals surface area contributed by atoms with Crippen LogP contribution < -0.4 is 16.8 Å². The number of fused-ring (bicyclic) bond motifs is 2. The Bertz CT molecular complexity index is 2030. The summed E-state index contributed by atoms with van der Waals surface area (Å²) in [5.74, 6) is -5.59. The maximum absolute atomic E-state index is 14.3. The number of rotatable bonds is 14. The summed E-state index contributed by atoms with van der Waals surface area (Å²) in [7, 11) is 0. The summed E-state index contributed by atoms with van der Waals surface area (Å²) in [6.45, 7) is 12.3. The molecule has 468 valence electrons. The number of esters is 1. The zero-order valence-corrected chi connectivity index (χ0v) is 48.7. The smallest absolute Gasteiger partial charge is 0.308 e. The number of nitrogens with one attached hydrogen (secondary N) is 1. The van der Waals surface area contributed by atoms with E-state index in [0.717, 1.165) is 13.1 Å². The third-order valence-electron chi connectivity index (χ3n) is 15.7. The molecule has 15 N–H and O–H groups in total. The van der Waals surface area contributed by atoms with E-state index in [1.165, 1.54) is 0 Å². The molecule has 0 aromatic rings. The van der Waals surface area contributed by atoms with Crippen molar-refractivity contribution in [1.82, 2.24) is 15.1 Å². The maximum Gasteiger partial charge on any atom is 0.308 e. The molecule has 22 heteroatoms. The molecule has 0 radical (unpaired) electrons. The number of hydrogen-bond donors (Lipinski definition) is 13. The first kappa shape index (κ1) is 70.9. The number of carbonyl (C=O) groups is 2. The van der Waals surface area contributed by atoms with Gasteiger partial charge in [-0.1, -0.05) is 98.9 Å². The van der Waals surface area contributed by atoms with Crippen LogP contribution in [0.5, 0.6) is 0 Å². The summed E-state index contributed by atoms with van der Waals surface area (Å²) in [4.78, 5) is 31.2. The molecule has 2 bridgehead atoms. The van der Waals surface area contributed by atoms with E-state index < -0.39 is 147 Å². The van der Waals surface area contributed by atoms with Gasteiger partial charge in [-0.3, -0.25) is 19.4 Å². The highest BCUT2D eigenvalue weighted by Crippen LogP contribution is 2.39. The molecule has 0 saturated carbocycles. The average Bonchev–Trinajstić information content (AvgIpc) is 2.84. The lowest BCUT2D eigenvalue weighted by Gasteiger charge is -2.48. The highest BCUT2D eigenvalue weighted by Gasteiger charge is 2.51. The fraction of sp³-hybridized carbons (Fsp3) is 0.733. The molecule has 3 saturated heterocycles. The Morgan fingerprint density at radius 3 is 1.90 bits per heavy atom. The van der Waals surface area contributed by atoms with Gasteiger partial charge < -0.3 is 91.5 Å². The first-order chi connectivity index (χ1) is 39.2. The molecular weight excluding hydrogens is 1060 g/mol. The van der Waals surface area contributed by atoms with Crippen LogP contribution in [0.4, 0.5) is 0 Å². The third-order valence-corrected chi connectivity index (χ3v) is 15.7. The number of nitrogens with zero attached hydrogens (tertiary/aromatic N) is 2. The molecule has 4 rings (SSSR count). The van der Waals surface area contributed by atoms with Gasteiger partial charge in [0.05, 0.1) is 98.7 Å². The number of hydrogen-bond acceptors (Lipinski definition) is 21. The number of carbonyl (C=O) groups excluding carboxylic acids is 2. The zero-order chi connectivity index (χ0) is 60.2. The Balaban J connectivity index is 1.66. The third kappa shape index (κ3) is 24.8. The van der Waals surface area contributed by atoms with Crippen molar-refractivity contribution in [2.75, 3.05) is 65.6 Å². The monoisotopic (exact) mass is 1160 g/mol. The molecular formula is C60H101N5O17. The summed E-state index contributed by atoms with van der Waals surface area (Å²) in [6.07, 6.45) is 6.91. The van der Waals surface area contributed by atoms with Crippen molar-refractivity contribution in [1.29, 1.82) is 0 Å². The Morgan fingerprint density at radius 2 is 1.29 bits per heavy atom. The molecule has 4 aliphatic heterocycles. The second-order valence-corrected chi connectivity index (χ2v) is 22.6. The minimum Gasteiger partial charge on any atom is -0.462 e. The lowest BCUT2D eigenvalue weighted by molar-refractivity contribution is -0.311. The number of nitrogens with two attached hydrogens (primary N) is 2. The van der Waals surface area contributed by atoms with Crippen molar-refractivity contribution in [3.05, 3.63) is 85.1 Å². The van der Waals surface area contributed by atoms with Crippen LogP contribution in [0.25, 0.3) is 0 Å². The molecule has 0 aromatic carbocycles. The van der Waals surface area contributed by atoms with Crippen LogP contribution in [0, 0.1) is 17.8 Å². The number of aliphatic hydroxyl groups is 10. The van der Waals surface area contributed by atoms with Crippen LogP contribution in [-0.4, -0.2) is 236 Å². The topological polar surface area (TPSA) is 353 Å². The second kappa shape index (κ2) is 37.7. The predicted molar refractivity (Wildman–Crippen MR) is 309 cm³/mol. The molecule has 4 heterocycles. The molecule has 0 aliphatic carbocycles. The molecule has 4 aliphatic rings. The van der Waals surface area contributed by atoms with Crippen molar-refractivity contribution in [2.45, 2.75) is 196 Å². The molecule has 0 aromatic heterocycles. The highest BCUT2D eigenvalue weighted by atomic mass is 16.7. The Labute approximate surface area is 485 Å². The molecule has 1 amide bonds. The van der Waals surface area contributed by atoms with Crippen LogP contribution in [0.15, 0.2) is 85.1 Å². The quantitative estimate of drug-likeness (QED) is 0.0832. The number of allylic oxidation sites excluding steroid dienone is 12. The fourth-order valence-electron chi connectivity index (χ4n) is 10.8. The second-order valence-electron chi connectivity index (χ2n) is 22.6. The minimum absolute atomic E-state index is 0.0976. The van der Waals surface area contributed by atoms with Gasteiger partial charge in [0.2, 0.25) is 5.91 Å². The van der Waals surface area contributed by atoms with Gasteiger partial charge in [-0.25, -0.2) is 0 Å². The zero-order valence-electron chi connectivity index (χ0n) is 48.7. The van der Waals surface area contributed by atoms with Gasteiger partial charge in [-0.15, -0.1) is 0 Å². The van der Waals surface area contributed by atoms with Crippen molar-refractivity contribution in [3.8, 4) is 0 Å². The van der Waals surface area contributed by atoms with Gasteiger partial charge in [0.25, 0.3) is 0 Å². The van der Waals surface area contributed by atoms with Crippen molar-refractivity contribution >= 4 is 11.9 Å². The van der Waals surface area contributed by atoms with Gasteiger partial charge in [0.1, 0.15) is 12.2 Å². The molecule has 82 heavy (non-hydrogen) atoms. The van der Waals surface area contributed by atoms with Crippen LogP contribution in [0.3, 0.4) is 0 Å². The molecule has 0 unspecified atom stereocenters. The van der Waals surface area contributed by atoms with E-state index in [-0.39, 0.29) is 38.1 Å². The van der Waals surface area contributed by atoms with Gasteiger partial charge in [0.15, 0.2) is 12.1 Å². The first-order valence-electron chi connectivity index (χ1n) is 29.6. The maximum atomic E-state index is 14.3. The van der Waals surface area contributed by atoms with E-state index in [4.69, 9.17) is 35.2 Å². The van der Waals surface area contributed by atoms with E-state index in [0.29, 0.717) is 65.2 Å². The van der Waals surface area contributed by atoms with Crippen molar-refractivity contribution in [2.24, 2.45) is 29.2 Å². The summed E-state index contributed by atoms with van der Waals surface area (Å²) < 4.78 is 30.1. The van der Waals surface area contributed by atoms with Crippen molar-refractivity contribution < 1.29 is 84.3 Å². The van der Waals surface area contributed by atoms with Gasteiger partial charge >= 0.3 is 5.97 Å².